The first-order valence-electron chi connectivity index (χ1n) is 5.67. The molecule has 20 heavy (non-hydrogen) atoms. The molecule has 0 saturated carbocycles. The standard InChI is InChI=1S/C13H11N3O4/c17-10-5-3-4-9(8-10)14-13(18)15-11-6-1-2-7-12(11)16(19)20/h1-8,17H,(H2,14,15,18). The number of carbonyl (C=O) groups excluding carboxylic acids is 1. The van der Waals surface area contributed by atoms with Crippen molar-refractivity contribution in [2.45, 2.75) is 0 Å². The lowest BCUT2D eigenvalue weighted by atomic mass is 10.2. The molecule has 0 spiro atoms. The van der Waals surface area contributed by atoms with Gasteiger partial charge in [-0.15, -0.1) is 0 Å². The molecule has 0 bridgehead atoms. The van der Waals surface area contributed by atoms with Gasteiger partial charge in [0.1, 0.15) is 11.4 Å². The molecule has 2 aromatic carbocycles. The van der Waals surface area contributed by atoms with Gasteiger partial charge in [-0.1, -0.05) is 18.2 Å². The molecule has 0 aliphatic rings. The highest BCUT2D eigenvalue weighted by Gasteiger charge is 2.14. The SMILES string of the molecule is O=C(Nc1cccc(O)c1)Nc1ccccc1[N+](=O)[O-]. The number of anilines is 2. The van der Waals surface area contributed by atoms with Gasteiger partial charge < -0.3 is 15.7 Å². The number of phenols is 1. The second-order valence-corrected chi connectivity index (χ2v) is 3.90. The van der Waals surface area contributed by atoms with Crippen molar-refractivity contribution < 1.29 is 14.8 Å². The molecule has 0 aromatic heterocycles. The number of para-hydroxylation sites is 2. The van der Waals surface area contributed by atoms with E-state index in [1.54, 1.807) is 18.2 Å². The second kappa shape index (κ2) is 5.70. The number of phenolic OH excluding ortho intramolecular Hbond substituents is 1. The first-order valence-corrected chi connectivity index (χ1v) is 5.67. The summed E-state index contributed by atoms with van der Waals surface area (Å²) in [6.07, 6.45) is 0. The molecule has 7 nitrogen and oxygen atoms in total. The van der Waals surface area contributed by atoms with Gasteiger partial charge in [0, 0.05) is 17.8 Å². The number of nitrogens with one attached hydrogen (secondary N) is 2. The predicted octanol–water partition coefficient (Wildman–Crippen LogP) is 2.94. The van der Waals surface area contributed by atoms with E-state index >= 15 is 0 Å². The summed E-state index contributed by atoms with van der Waals surface area (Å²) in [6, 6.07) is 11.2. The Morgan fingerprint density at radius 3 is 2.55 bits per heavy atom. The van der Waals surface area contributed by atoms with Gasteiger partial charge in [0.2, 0.25) is 0 Å². The van der Waals surface area contributed by atoms with Gasteiger partial charge in [-0.05, 0) is 18.2 Å². The van der Waals surface area contributed by atoms with Crippen LogP contribution in [0.15, 0.2) is 48.5 Å². The first-order chi connectivity index (χ1) is 9.56. The van der Waals surface area contributed by atoms with Crippen LogP contribution in [0, 0.1) is 10.1 Å². The lowest BCUT2D eigenvalue weighted by molar-refractivity contribution is -0.383. The lowest BCUT2D eigenvalue weighted by Gasteiger charge is -2.08. The van der Waals surface area contributed by atoms with Gasteiger partial charge in [0.15, 0.2) is 0 Å². The average Bonchev–Trinajstić information content (AvgIpc) is 2.38. The summed E-state index contributed by atoms with van der Waals surface area (Å²) in [5, 5.41) is 24.9. The van der Waals surface area contributed by atoms with Crippen LogP contribution < -0.4 is 10.6 Å². The van der Waals surface area contributed by atoms with E-state index in [-0.39, 0.29) is 17.1 Å². The van der Waals surface area contributed by atoms with Gasteiger partial charge in [0.05, 0.1) is 4.92 Å². The number of nitrogens with zero attached hydrogens (tertiary/aromatic N) is 1. The maximum Gasteiger partial charge on any atom is 0.323 e. The van der Waals surface area contributed by atoms with Gasteiger partial charge >= 0.3 is 6.03 Å². The lowest BCUT2D eigenvalue weighted by Crippen LogP contribution is -2.19. The third kappa shape index (κ3) is 3.22. The normalized spacial score (nSPS) is 9.80. The number of carbonyl (C=O) groups is 1. The number of hydrogen-bond donors (Lipinski definition) is 3. The highest BCUT2D eigenvalue weighted by Crippen LogP contribution is 2.23. The highest BCUT2D eigenvalue weighted by atomic mass is 16.6. The number of benzene rings is 2. The third-order valence-electron chi connectivity index (χ3n) is 2.45. The summed E-state index contributed by atoms with van der Waals surface area (Å²) >= 11 is 0. The molecule has 3 N–H and O–H groups in total. The van der Waals surface area contributed by atoms with Gasteiger partial charge in [0.25, 0.3) is 5.69 Å². The summed E-state index contributed by atoms with van der Waals surface area (Å²) in [5.41, 5.74) is 0.273. The quantitative estimate of drug-likeness (QED) is 0.590. The Hall–Kier alpha value is -3.09. The summed E-state index contributed by atoms with van der Waals surface area (Å²) in [4.78, 5) is 22.0. The Kier molecular flexibility index (Phi) is 3.80. The van der Waals surface area contributed by atoms with E-state index in [9.17, 15) is 20.0 Å². The van der Waals surface area contributed by atoms with E-state index in [2.05, 4.69) is 10.6 Å². The molecule has 0 atom stereocenters. The number of urea groups is 1. The van der Waals surface area contributed by atoms with Crippen molar-refractivity contribution in [3.63, 3.8) is 0 Å². The minimum absolute atomic E-state index is 0.00786. The van der Waals surface area contributed by atoms with Gasteiger partial charge in [-0.2, -0.15) is 0 Å². The maximum absolute atomic E-state index is 11.7. The zero-order valence-corrected chi connectivity index (χ0v) is 10.2. The molecule has 0 saturated heterocycles. The zero-order valence-electron chi connectivity index (χ0n) is 10.2. The maximum atomic E-state index is 11.7. The van der Waals surface area contributed by atoms with E-state index in [1.807, 2.05) is 0 Å². The fourth-order valence-corrected chi connectivity index (χ4v) is 1.61. The highest BCUT2D eigenvalue weighted by molar-refractivity contribution is 6.01. The number of rotatable bonds is 3. The minimum atomic E-state index is -0.634. The van der Waals surface area contributed by atoms with Crippen molar-refractivity contribution in [3.05, 3.63) is 58.6 Å². The Balaban J connectivity index is 2.11. The summed E-state index contributed by atoms with van der Waals surface area (Å²) in [5.74, 6) is 0.00786. The summed E-state index contributed by atoms with van der Waals surface area (Å²) < 4.78 is 0. The van der Waals surface area contributed by atoms with Crippen molar-refractivity contribution >= 4 is 23.1 Å². The smallest absolute Gasteiger partial charge is 0.323 e. The Labute approximate surface area is 114 Å². The molecule has 0 aliphatic heterocycles. The molecule has 2 aromatic rings. The van der Waals surface area contributed by atoms with Crippen molar-refractivity contribution in [2.24, 2.45) is 0 Å². The molecule has 0 fully saturated rings. The molecule has 0 unspecified atom stereocenters. The van der Waals surface area contributed by atoms with E-state index in [4.69, 9.17) is 0 Å². The largest absolute Gasteiger partial charge is 0.508 e. The molecule has 0 heterocycles. The van der Waals surface area contributed by atoms with Crippen molar-refractivity contribution in [3.8, 4) is 5.75 Å². The summed E-state index contributed by atoms with van der Waals surface area (Å²) in [6.45, 7) is 0. The molecule has 7 heteroatoms. The van der Waals surface area contributed by atoms with Crippen LogP contribution >= 0.6 is 0 Å². The number of aromatic hydroxyl groups is 1. The zero-order chi connectivity index (χ0) is 14.5. The van der Waals surface area contributed by atoms with Crippen LogP contribution in [0.5, 0.6) is 5.75 Å². The molecular formula is C13H11N3O4. The Morgan fingerprint density at radius 2 is 1.85 bits per heavy atom. The van der Waals surface area contributed by atoms with Crippen molar-refractivity contribution in [1.29, 1.82) is 0 Å². The molecule has 0 aliphatic carbocycles. The van der Waals surface area contributed by atoms with Crippen LogP contribution in [-0.2, 0) is 0 Å². The van der Waals surface area contributed by atoms with Crippen LogP contribution in [0.3, 0.4) is 0 Å². The van der Waals surface area contributed by atoms with E-state index in [1.165, 1.54) is 30.3 Å². The average molecular weight is 273 g/mol. The van der Waals surface area contributed by atoms with Crippen LogP contribution in [-0.4, -0.2) is 16.1 Å². The van der Waals surface area contributed by atoms with Gasteiger partial charge in [-0.25, -0.2) is 4.79 Å². The van der Waals surface area contributed by atoms with E-state index in [0.29, 0.717) is 5.69 Å². The summed E-state index contributed by atoms with van der Waals surface area (Å²) in [7, 11) is 0. The van der Waals surface area contributed by atoms with Crippen molar-refractivity contribution in [2.75, 3.05) is 10.6 Å². The Bertz CT molecular complexity index is 658. The van der Waals surface area contributed by atoms with Crippen LogP contribution in [0.2, 0.25) is 0 Å². The van der Waals surface area contributed by atoms with Crippen molar-refractivity contribution in [1.82, 2.24) is 0 Å². The molecule has 2 amide bonds. The predicted molar refractivity (Wildman–Crippen MR) is 73.8 cm³/mol. The fourth-order valence-electron chi connectivity index (χ4n) is 1.61. The van der Waals surface area contributed by atoms with Crippen LogP contribution in [0.1, 0.15) is 0 Å². The number of amides is 2. The number of nitro groups is 1. The van der Waals surface area contributed by atoms with Gasteiger partial charge in [-0.3, -0.25) is 10.1 Å². The molecular weight excluding hydrogens is 262 g/mol. The van der Waals surface area contributed by atoms with E-state index in [0.717, 1.165) is 0 Å². The van der Waals surface area contributed by atoms with E-state index < -0.39 is 11.0 Å². The minimum Gasteiger partial charge on any atom is -0.508 e. The topological polar surface area (TPSA) is 104 Å². The molecule has 0 radical (unpaired) electrons. The third-order valence-corrected chi connectivity index (χ3v) is 2.45. The fraction of sp³-hybridized carbons (Fsp3) is 0. The monoisotopic (exact) mass is 273 g/mol. The van der Waals surface area contributed by atoms with Crippen LogP contribution in [0.4, 0.5) is 21.9 Å². The molecule has 102 valence electrons. The first kappa shape index (κ1) is 13.3. The van der Waals surface area contributed by atoms with Crippen LogP contribution in [0.25, 0.3) is 0 Å². The Morgan fingerprint density at radius 1 is 1.10 bits per heavy atom. The number of hydrogen-bond acceptors (Lipinski definition) is 4. The second-order valence-electron chi connectivity index (χ2n) is 3.90. The molecule has 2 rings (SSSR count). The number of nitro benzene ring substituents is 1.